The quantitative estimate of drug-likeness (QED) is 0.512. The largest absolute Gasteiger partial charge is 0.465 e. The highest BCUT2D eigenvalue weighted by Gasteiger charge is 2.26. The molecule has 8 nitrogen and oxygen atoms in total. The number of fused-ring (bicyclic) bond motifs is 1. The molecule has 2 heterocycles. The van der Waals surface area contributed by atoms with Crippen molar-refractivity contribution in [3.05, 3.63) is 59.0 Å². The highest BCUT2D eigenvalue weighted by Crippen LogP contribution is 2.28. The number of aryl methyl sites for hydroxylation is 1. The van der Waals surface area contributed by atoms with Crippen molar-refractivity contribution in [1.29, 1.82) is 0 Å². The average molecular weight is 489 g/mol. The molecule has 0 bridgehead atoms. The lowest BCUT2D eigenvalue weighted by molar-refractivity contribution is -0.116. The minimum Gasteiger partial charge on any atom is -0.465 e. The van der Waals surface area contributed by atoms with Crippen molar-refractivity contribution in [3.63, 3.8) is 0 Å². The van der Waals surface area contributed by atoms with Crippen LogP contribution in [0.4, 0.5) is 5.69 Å². The van der Waals surface area contributed by atoms with Crippen LogP contribution in [0.2, 0.25) is 0 Å². The minimum atomic E-state index is -3.53. The monoisotopic (exact) mass is 488 g/mol. The molecule has 1 aliphatic rings. The minimum absolute atomic E-state index is 0.150. The molecule has 1 fully saturated rings. The van der Waals surface area contributed by atoms with Gasteiger partial charge in [0.25, 0.3) is 0 Å². The Morgan fingerprint density at radius 2 is 1.82 bits per heavy atom. The predicted octanol–water partition coefficient (Wildman–Crippen LogP) is 3.28. The van der Waals surface area contributed by atoms with Crippen molar-refractivity contribution in [2.45, 2.75) is 17.7 Å². The van der Waals surface area contributed by atoms with Crippen LogP contribution in [0.1, 0.15) is 21.7 Å². The summed E-state index contributed by atoms with van der Waals surface area (Å²) in [5, 5.41) is 3.73. The van der Waals surface area contributed by atoms with Gasteiger partial charge in [-0.3, -0.25) is 4.79 Å². The highest BCUT2D eigenvalue weighted by molar-refractivity contribution is 7.89. The number of hydrogen-bond acceptors (Lipinski definition) is 7. The van der Waals surface area contributed by atoms with E-state index in [4.69, 9.17) is 9.47 Å². The number of nitrogens with one attached hydrogen (secondary N) is 1. The number of carbonyl (C=O) groups excluding carboxylic acids is 2. The molecule has 1 N–H and O–H groups in total. The van der Waals surface area contributed by atoms with E-state index >= 15 is 0 Å². The lowest BCUT2D eigenvalue weighted by atomic mass is 10.1. The molecular formula is C23H24N2O6S2. The van der Waals surface area contributed by atoms with Gasteiger partial charge in [0.15, 0.2) is 0 Å². The molecular weight excluding hydrogens is 464 g/mol. The van der Waals surface area contributed by atoms with Crippen molar-refractivity contribution < 1.29 is 27.5 Å². The number of thiophene rings is 1. The molecule has 0 spiro atoms. The Kier molecular flexibility index (Phi) is 7.08. The third-order valence-corrected chi connectivity index (χ3v) is 8.37. The van der Waals surface area contributed by atoms with Crippen molar-refractivity contribution >= 4 is 49.0 Å². The van der Waals surface area contributed by atoms with Gasteiger partial charge in [-0.15, -0.1) is 11.3 Å². The van der Waals surface area contributed by atoms with Crippen LogP contribution in [0.5, 0.6) is 0 Å². The normalized spacial score (nSPS) is 14.8. The number of methoxy groups -OCH3 is 1. The smallest absolute Gasteiger partial charge is 0.348 e. The summed E-state index contributed by atoms with van der Waals surface area (Å²) in [5.41, 5.74) is 1.52. The summed E-state index contributed by atoms with van der Waals surface area (Å²) < 4.78 is 37.7. The number of sulfonamides is 1. The number of ether oxygens (including phenoxy) is 2. The lowest BCUT2D eigenvalue weighted by Gasteiger charge is -2.26. The first-order valence-electron chi connectivity index (χ1n) is 10.5. The summed E-state index contributed by atoms with van der Waals surface area (Å²) in [6.07, 6.45) is 0.738. The second-order valence-electron chi connectivity index (χ2n) is 7.56. The number of hydrogen-bond donors (Lipinski definition) is 1. The third-order valence-electron chi connectivity index (χ3n) is 5.36. The molecule has 1 amide bonds. The number of carbonyl (C=O) groups is 2. The van der Waals surface area contributed by atoms with E-state index < -0.39 is 10.0 Å². The van der Waals surface area contributed by atoms with E-state index in [2.05, 4.69) is 5.32 Å². The average Bonchev–Trinajstić information content (AvgIpc) is 3.26. The van der Waals surface area contributed by atoms with Gasteiger partial charge < -0.3 is 14.8 Å². The van der Waals surface area contributed by atoms with Gasteiger partial charge in [-0.1, -0.05) is 12.1 Å². The van der Waals surface area contributed by atoms with Gasteiger partial charge in [0.1, 0.15) is 4.88 Å². The Morgan fingerprint density at radius 1 is 1.09 bits per heavy atom. The molecule has 0 unspecified atom stereocenters. The molecule has 33 heavy (non-hydrogen) atoms. The molecule has 3 aromatic rings. The third kappa shape index (κ3) is 5.41. The number of esters is 1. The summed E-state index contributed by atoms with van der Waals surface area (Å²) in [4.78, 5) is 24.9. The fraction of sp³-hybridized carbons (Fsp3) is 0.304. The van der Waals surface area contributed by atoms with Crippen molar-refractivity contribution in [2.24, 2.45) is 0 Å². The maximum atomic E-state index is 12.7. The number of benzene rings is 2. The van der Waals surface area contributed by atoms with E-state index in [9.17, 15) is 18.0 Å². The first kappa shape index (κ1) is 23.4. The molecule has 1 aromatic heterocycles. The molecule has 10 heteroatoms. The van der Waals surface area contributed by atoms with Gasteiger partial charge >= 0.3 is 5.97 Å². The van der Waals surface area contributed by atoms with Crippen LogP contribution in [0.3, 0.4) is 0 Å². The van der Waals surface area contributed by atoms with Crippen LogP contribution in [0.25, 0.3) is 10.1 Å². The van der Waals surface area contributed by atoms with Crippen LogP contribution >= 0.6 is 11.3 Å². The number of rotatable bonds is 7. The maximum Gasteiger partial charge on any atom is 0.348 e. The number of amides is 1. The summed E-state index contributed by atoms with van der Waals surface area (Å²) in [5.74, 6) is -0.534. The number of nitrogens with zero attached hydrogens (tertiary/aromatic N) is 1. The zero-order chi connectivity index (χ0) is 23.4. The highest BCUT2D eigenvalue weighted by atomic mass is 32.2. The Balaban J connectivity index is 1.34. The van der Waals surface area contributed by atoms with Crippen molar-refractivity contribution in [2.75, 3.05) is 38.7 Å². The van der Waals surface area contributed by atoms with Gasteiger partial charge in [0, 0.05) is 29.9 Å². The number of anilines is 1. The Bertz CT molecular complexity index is 1260. The zero-order valence-electron chi connectivity index (χ0n) is 18.1. The molecule has 174 valence electrons. The van der Waals surface area contributed by atoms with Crippen LogP contribution in [0.15, 0.2) is 53.4 Å². The SMILES string of the molecule is COC(=O)c1cc2cc(NC(=O)CCc3ccc(S(=O)(=O)N4CCOCC4)cc3)ccc2s1. The molecule has 1 saturated heterocycles. The van der Waals surface area contributed by atoms with Gasteiger partial charge in [0.2, 0.25) is 15.9 Å². The predicted molar refractivity (Wildman–Crippen MR) is 126 cm³/mol. The molecule has 1 aliphatic heterocycles. The standard InChI is InChI=1S/C23H24N2O6S2/c1-30-23(27)21-15-17-14-18(5-8-20(17)32-21)24-22(26)9-4-16-2-6-19(7-3-16)33(28,29)25-10-12-31-13-11-25/h2-3,5-8,14-15H,4,9-13H2,1H3,(H,24,26). The molecule has 0 saturated carbocycles. The van der Waals surface area contributed by atoms with Gasteiger partial charge in [-0.2, -0.15) is 4.31 Å². The van der Waals surface area contributed by atoms with Gasteiger partial charge in [-0.25, -0.2) is 13.2 Å². The Labute approximate surface area is 196 Å². The van der Waals surface area contributed by atoms with Crippen LogP contribution in [-0.4, -0.2) is 58.0 Å². The summed E-state index contributed by atoms with van der Waals surface area (Å²) in [7, 11) is -2.19. The maximum absolute atomic E-state index is 12.7. The topological polar surface area (TPSA) is 102 Å². The van der Waals surface area contributed by atoms with Crippen LogP contribution in [-0.2, 0) is 30.7 Å². The first-order chi connectivity index (χ1) is 15.9. The zero-order valence-corrected chi connectivity index (χ0v) is 19.7. The van der Waals surface area contributed by atoms with Crippen LogP contribution in [0, 0.1) is 0 Å². The van der Waals surface area contributed by atoms with Crippen molar-refractivity contribution in [3.8, 4) is 0 Å². The molecule has 0 atom stereocenters. The van der Waals surface area contributed by atoms with E-state index in [-0.39, 0.29) is 23.2 Å². The van der Waals surface area contributed by atoms with Crippen molar-refractivity contribution in [1.82, 2.24) is 4.31 Å². The lowest BCUT2D eigenvalue weighted by Crippen LogP contribution is -2.40. The summed E-state index contributed by atoms with van der Waals surface area (Å²) in [6, 6.07) is 13.9. The second-order valence-corrected chi connectivity index (χ2v) is 10.6. The summed E-state index contributed by atoms with van der Waals surface area (Å²) >= 11 is 1.34. The molecule has 0 aliphatic carbocycles. The fourth-order valence-corrected chi connectivity index (χ4v) is 5.94. The Hall–Kier alpha value is -2.79. The molecule has 2 aromatic carbocycles. The fourth-order valence-electron chi connectivity index (χ4n) is 3.57. The second kappa shape index (κ2) is 10.0. The first-order valence-corrected chi connectivity index (χ1v) is 12.7. The molecule has 4 rings (SSSR count). The van der Waals surface area contributed by atoms with Crippen LogP contribution < -0.4 is 5.32 Å². The van der Waals surface area contributed by atoms with E-state index in [0.717, 1.165) is 15.6 Å². The van der Waals surface area contributed by atoms with Gasteiger partial charge in [-0.05, 0) is 53.8 Å². The van der Waals surface area contributed by atoms with E-state index in [0.29, 0.717) is 43.3 Å². The van der Waals surface area contributed by atoms with E-state index in [1.54, 1.807) is 36.4 Å². The molecule has 0 radical (unpaired) electrons. The van der Waals surface area contributed by atoms with E-state index in [1.165, 1.54) is 22.8 Å². The Morgan fingerprint density at radius 3 is 2.52 bits per heavy atom. The summed E-state index contributed by atoms with van der Waals surface area (Å²) in [6.45, 7) is 1.51. The number of morpholine rings is 1. The van der Waals surface area contributed by atoms with E-state index in [1.807, 2.05) is 12.1 Å². The van der Waals surface area contributed by atoms with Gasteiger partial charge in [0.05, 0.1) is 25.2 Å².